The molecule has 90 valence electrons. The summed E-state index contributed by atoms with van der Waals surface area (Å²) in [6.45, 7) is 1.97. The summed E-state index contributed by atoms with van der Waals surface area (Å²) < 4.78 is 0.796. The van der Waals surface area contributed by atoms with Gasteiger partial charge in [-0.25, -0.2) is 0 Å². The van der Waals surface area contributed by atoms with Crippen LogP contribution >= 0.6 is 15.9 Å². The Balaban J connectivity index is 2.82. The molecule has 1 unspecified atom stereocenters. The maximum Gasteiger partial charge on any atom is 0.241 e. The minimum atomic E-state index is -0.532. The Morgan fingerprint density at radius 3 is 2.94 bits per heavy atom. The molecule has 0 saturated carbocycles. The second-order valence-corrected chi connectivity index (χ2v) is 4.60. The molecule has 0 radical (unpaired) electrons. The average Bonchev–Trinajstić information content (AvgIpc) is 2.31. The number of nitrogens with one attached hydrogen (secondary N) is 1. The minimum Gasteiger partial charge on any atom is -0.324 e. The molecule has 0 aromatic heterocycles. The number of anilines is 1. The fraction of sp³-hybridized carbons (Fsp3) is 0.333. The number of nitrogens with zero attached hydrogens (tertiary/aromatic N) is 1. The van der Waals surface area contributed by atoms with E-state index in [4.69, 9.17) is 11.0 Å². The van der Waals surface area contributed by atoms with Crippen LogP contribution in [-0.2, 0) is 4.79 Å². The van der Waals surface area contributed by atoms with E-state index < -0.39 is 6.04 Å². The summed E-state index contributed by atoms with van der Waals surface area (Å²) in [5.41, 5.74) is 6.60. The van der Waals surface area contributed by atoms with Gasteiger partial charge in [0.1, 0.15) is 6.07 Å². The molecule has 1 atom stereocenters. The van der Waals surface area contributed by atoms with Crippen molar-refractivity contribution in [3.05, 3.63) is 28.2 Å². The monoisotopic (exact) mass is 295 g/mol. The van der Waals surface area contributed by atoms with Crippen molar-refractivity contribution in [3.63, 3.8) is 0 Å². The number of amides is 1. The highest BCUT2D eigenvalue weighted by Gasteiger charge is 2.14. The van der Waals surface area contributed by atoms with Gasteiger partial charge in [0.15, 0.2) is 0 Å². The van der Waals surface area contributed by atoms with Crippen molar-refractivity contribution in [1.82, 2.24) is 0 Å². The third-order valence-electron chi connectivity index (χ3n) is 2.30. The van der Waals surface area contributed by atoms with Crippen LogP contribution in [-0.4, -0.2) is 11.9 Å². The molecule has 0 spiro atoms. The van der Waals surface area contributed by atoms with Gasteiger partial charge in [-0.3, -0.25) is 4.79 Å². The van der Waals surface area contributed by atoms with Crippen LogP contribution < -0.4 is 11.1 Å². The largest absolute Gasteiger partial charge is 0.324 e. The number of nitrogens with two attached hydrogens (primary N) is 1. The molecule has 1 rings (SSSR count). The number of rotatable bonds is 4. The zero-order valence-electron chi connectivity index (χ0n) is 9.53. The topological polar surface area (TPSA) is 78.9 Å². The van der Waals surface area contributed by atoms with Crippen molar-refractivity contribution in [2.24, 2.45) is 5.73 Å². The van der Waals surface area contributed by atoms with Crippen LogP contribution in [0.4, 0.5) is 5.69 Å². The van der Waals surface area contributed by atoms with Crippen LogP contribution in [0, 0.1) is 11.3 Å². The number of carbonyl (C=O) groups excluding carboxylic acids is 1. The predicted octanol–water partition coefficient (Wildman–Crippen LogP) is 2.39. The molecule has 0 bridgehead atoms. The number of hydrogen-bond acceptors (Lipinski definition) is 3. The van der Waals surface area contributed by atoms with Crippen LogP contribution in [0.2, 0.25) is 0 Å². The molecule has 1 aromatic carbocycles. The molecule has 0 aliphatic heterocycles. The Bertz CT molecular complexity index is 454. The van der Waals surface area contributed by atoms with Gasteiger partial charge in [0.25, 0.3) is 0 Å². The van der Waals surface area contributed by atoms with Crippen LogP contribution in [0.3, 0.4) is 0 Å². The molecular formula is C12H14BrN3O. The first-order valence-corrected chi connectivity index (χ1v) is 6.14. The highest BCUT2D eigenvalue weighted by atomic mass is 79.9. The lowest BCUT2D eigenvalue weighted by molar-refractivity contribution is -0.117. The Labute approximate surface area is 109 Å². The van der Waals surface area contributed by atoms with E-state index in [0.717, 1.165) is 10.9 Å². The second-order valence-electron chi connectivity index (χ2n) is 3.69. The first kappa shape index (κ1) is 13.7. The van der Waals surface area contributed by atoms with Gasteiger partial charge < -0.3 is 11.1 Å². The van der Waals surface area contributed by atoms with Gasteiger partial charge in [-0.15, -0.1) is 0 Å². The fourth-order valence-electron chi connectivity index (χ4n) is 1.39. The Hall–Kier alpha value is -1.38. The quantitative estimate of drug-likeness (QED) is 0.895. The molecule has 0 saturated heterocycles. The third kappa shape index (κ3) is 3.84. The van der Waals surface area contributed by atoms with Gasteiger partial charge in [-0.05, 0) is 24.6 Å². The lowest BCUT2D eigenvalue weighted by atomic mass is 10.1. The van der Waals surface area contributed by atoms with E-state index in [0.29, 0.717) is 17.7 Å². The molecule has 0 aliphatic rings. The highest BCUT2D eigenvalue weighted by Crippen LogP contribution is 2.20. The van der Waals surface area contributed by atoms with Crippen LogP contribution in [0.5, 0.6) is 0 Å². The van der Waals surface area contributed by atoms with Gasteiger partial charge >= 0.3 is 0 Å². The predicted molar refractivity (Wildman–Crippen MR) is 70.4 cm³/mol. The van der Waals surface area contributed by atoms with Crippen molar-refractivity contribution in [3.8, 4) is 6.07 Å². The normalized spacial score (nSPS) is 11.6. The summed E-state index contributed by atoms with van der Waals surface area (Å²) in [6.07, 6.45) is 1.48. The Morgan fingerprint density at radius 1 is 1.65 bits per heavy atom. The molecular weight excluding hydrogens is 282 g/mol. The van der Waals surface area contributed by atoms with Crippen molar-refractivity contribution < 1.29 is 4.79 Å². The molecule has 5 heteroatoms. The van der Waals surface area contributed by atoms with Gasteiger partial charge in [0.05, 0.1) is 17.3 Å². The van der Waals surface area contributed by atoms with Gasteiger partial charge in [-0.1, -0.05) is 29.3 Å². The average molecular weight is 296 g/mol. The standard InChI is InChI=1S/C12H14BrN3O/c1-2-3-10(15)12(17)16-11-5-4-9(13)6-8(11)7-14/h4-6,10H,2-3,15H2,1H3,(H,16,17). The van der Waals surface area contributed by atoms with E-state index in [1.54, 1.807) is 18.2 Å². The molecule has 17 heavy (non-hydrogen) atoms. The molecule has 0 aliphatic carbocycles. The van der Waals surface area contributed by atoms with Crippen LogP contribution in [0.15, 0.2) is 22.7 Å². The summed E-state index contributed by atoms with van der Waals surface area (Å²) >= 11 is 3.27. The Morgan fingerprint density at radius 2 is 2.35 bits per heavy atom. The lowest BCUT2D eigenvalue weighted by Gasteiger charge is -2.12. The zero-order chi connectivity index (χ0) is 12.8. The third-order valence-corrected chi connectivity index (χ3v) is 2.79. The summed E-state index contributed by atoms with van der Waals surface area (Å²) in [6, 6.07) is 6.59. The van der Waals surface area contributed by atoms with E-state index in [-0.39, 0.29) is 5.91 Å². The molecule has 1 amide bonds. The summed E-state index contributed by atoms with van der Waals surface area (Å²) in [4.78, 5) is 11.7. The SMILES string of the molecule is CCCC(N)C(=O)Nc1ccc(Br)cc1C#N. The van der Waals surface area contributed by atoms with E-state index in [9.17, 15) is 4.79 Å². The Kier molecular flexibility index (Phi) is 5.13. The van der Waals surface area contributed by atoms with Gasteiger partial charge in [0.2, 0.25) is 5.91 Å². The second kappa shape index (κ2) is 6.38. The number of benzene rings is 1. The first-order valence-electron chi connectivity index (χ1n) is 5.34. The maximum absolute atomic E-state index is 11.7. The summed E-state index contributed by atoms with van der Waals surface area (Å²) in [5.74, 6) is -0.259. The van der Waals surface area contributed by atoms with Gasteiger partial charge in [0, 0.05) is 4.47 Å². The van der Waals surface area contributed by atoms with Gasteiger partial charge in [-0.2, -0.15) is 5.26 Å². The molecule has 1 aromatic rings. The van der Waals surface area contributed by atoms with E-state index in [1.807, 2.05) is 13.0 Å². The highest BCUT2D eigenvalue weighted by molar-refractivity contribution is 9.10. The molecule has 4 nitrogen and oxygen atoms in total. The van der Waals surface area contributed by atoms with E-state index >= 15 is 0 Å². The van der Waals surface area contributed by atoms with E-state index in [2.05, 4.69) is 21.2 Å². The lowest BCUT2D eigenvalue weighted by Crippen LogP contribution is -2.35. The van der Waals surface area contributed by atoms with Crippen LogP contribution in [0.25, 0.3) is 0 Å². The van der Waals surface area contributed by atoms with E-state index in [1.165, 1.54) is 0 Å². The molecule has 0 heterocycles. The van der Waals surface area contributed by atoms with Crippen LogP contribution in [0.1, 0.15) is 25.3 Å². The smallest absolute Gasteiger partial charge is 0.241 e. The zero-order valence-corrected chi connectivity index (χ0v) is 11.1. The van der Waals surface area contributed by atoms with Crippen molar-refractivity contribution in [1.29, 1.82) is 5.26 Å². The maximum atomic E-state index is 11.7. The summed E-state index contributed by atoms with van der Waals surface area (Å²) in [7, 11) is 0. The molecule has 3 N–H and O–H groups in total. The van der Waals surface area contributed by atoms with Crippen molar-refractivity contribution in [2.75, 3.05) is 5.32 Å². The number of nitriles is 1. The number of halogens is 1. The number of carbonyl (C=O) groups is 1. The van der Waals surface area contributed by atoms with Crippen molar-refractivity contribution >= 4 is 27.5 Å². The van der Waals surface area contributed by atoms with Crippen molar-refractivity contribution in [2.45, 2.75) is 25.8 Å². The minimum absolute atomic E-state index is 0.259. The number of hydrogen-bond donors (Lipinski definition) is 2. The fourth-order valence-corrected chi connectivity index (χ4v) is 1.75. The first-order chi connectivity index (χ1) is 8.08. The molecule has 0 fully saturated rings. The summed E-state index contributed by atoms with van der Waals surface area (Å²) in [5, 5.41) is 11.6.